The van der Waals surface area contributed by atoms with Gasteiger partial charge in [-0.15, -0.1) is 0 Å². The highest BCUT2D eigenvalue weighted by Gasteiger charge is 2.45. The highest BCUT2D eigenvalue weighted by atomic mass is 16.5. The normalized spacial score (nSPS) is 17.3. The largest absolute Gasteiger partial charge is 0.507 e. The molecule has 34 heavy (non-hydrogen) atoms. The van der Waals surface area contributed by atoms with Gasteiger partial charge in [-0.3, -0.25) is 9.59 Å². The molecule has 0 spiro atoms. The summed E-state index contributed by atoms with van der Waals surface area (Å²) in [4.78, 5) is 27.4. The third-order valence-electron chi connectivity index (χ3n) is 5.62. The smallest absolute Gasteiger partial charge is 0.295 e. The van der Waals surface area contributed by atoms with Gasteiger partial charge < -0.3 is 24.2 Å². The first-order chi connectivity index (χ1) is 16.5. The molecule has 2 aromatic carbocycles. The Kier molecular flexibility index (Phi) is 9.10. The zero-order chi connectivity index (χ0) is 24.5. The monoisotopic (exact) mass is 467 g/mol. The van der Waals surface area contributed by atoms with Crippen LogP contribution in [0.1, 0.15) is 50.3 Å². The van der Waals surface area contributed by atoms with Crippen molar-refractivity contribution in [2.75, 3.05) is 33.5 Å². The van der Waals surface area contributed by atoms with E-state index in [2.05, 4.69) is 6.92 Å². The molecular weight excluding hydrogens is 434 g/mol. The fraction of sp³-hybridized carbons (Fsp3) is 0.407. The first-order valence-electron chi connectivity index (χ1n) is 11.7. The summed E-state index contributed by atoms with van der Waals surface area (Å²) in [5, 5.41) is 11.2. The van der Waals surface area contributed by atoms with Gasteiger partial charge in [-0.2, -0.15) is 0 Å². The number of Topliss-reactive ketones (excluding diaryl/α,β-unsaturated/α-hetero) is 1. The van der Waals surface area contributed by atoms with Gasteiger partial charge in [-0.1, -0.05) is 44.5 Å². The van der Waals surface area contributed by atoms with E-state index in [9.17, 15) is 14.7 Å². The summed E-state index contributed by atoms with van der Waals surface area (Å²) in [7, 11) is 1.54. The molecule has 0 saturated carbocycles. The Bertz CT molecular complexity index is 1010. The molecular formula is C27H33NO6. The number of carbonyl (C=O) groups is 2. The quantitative estimate of drug-likeness (QED) is 0.210. The zero-order valence-electron chi connectivity index (χ0n) is 20.1. The molecule has 1 aliphatic heterocycles. The Morgan fingerprint density at radius 2 is 1.68 bits per heavy atom. The van der Waals surface area contributed by atoms with Crippen molar-refractivity contribution >= 4 is 17.4 Å². The van der Waals surface area contributed by atoms with E-state index in [4.69, 9.17) is 14.2 Å². The van der Waals surface area contributed by atoms with Crippen LogP contribution < -0.4 is 9.47 Å². The average Bonchev–Trinajstić information content (AvgIpc) is 3.11. The number of amides is 1. The van der Waals surface area contributed by atoms with Crippen LogP contribution in [-0.2, 0) is 14.3 Å². The van der Waals surface area contributed by atoms with Crippen molar-refractivity contribution in [3.05, 3.63) is 65.2 Å². The lowest BCUT2D eigenvalue weighted by atomic mass is 9.95. The third-order valence-corrected chi connectivity index (χ3v) is 5.62. The number of hydrogen-bond acceptors (Lipinski definition) is 6. The van der Waals surface area contributed by atoms with E-state index in [-0.39, 0.29) is 24.5 Å². The van der Waals surface area contributed by atoms with Crippen LogP contribution in [-0.4, -0.2) is 55.2 Å². The second-order valence-corrected chi connectivity index (χ2v) is 8.13. The number of aliphatic hydroxyl groups excluding tert-OH is 1. The number of nitrogens with zero attached hydrogens (tertiary/aromatic N) is 1. The number of benzene rings is 2. The average molecular weight is 468 g/mol. The second kappa shape index (κ2) is 12.2. The summed E-state index contributed by atoms with van der Waals surface area (Å²) in [6, 6.07) is 13.5. The Morgan fingerprint density at radius 3 is 2.35 bits per heavy atom. The molecule has 0 aromatic heterocycles. The van der Waals surface area contributed by atoms with E-state index in [1.54, 1.807) is 24.3 Å². The highest BCUT2D eigenvalue weighted by molar-refractivity contribution is 6.46. The van der Waals surface area contributed by atoms with Crippen LogP contribution in [0.2, 0.25) is 0 Å². The summed E-state index contributed by atoms with van der Waals surface area (Å²) in [6.07, 6.45) is 2.84. The van der Waals surface area contributed by atoms with Crippen molar-refractivity contribution in [1.29, 1.82) is 0 Å². The van der Waals surface area contributed by atoms with Crippen molar-refractivity contribution in [1.82, 2.24) is 4.90 Å². The number of ketones is 1. The van der Waals surface area contributed by atoms with Gasteiger partial charge in [0, 0.05) is 19.2 Å². The number of ether oxygens (including phenoxy) is 3. The molecule has 1 heterocycles. The van der Waals surface area contributed by atoms with Gasteiger partial charge >= 0.3 is 0 Å². The van der Waals surface area contributed by atoms with Gasteiger partial charge in [0.05, 0.1) is 31.4 Å². The van der Waals surface area contributed by atoms with Gasteiger partial charge in [0.25, 0.3) is 11.7 Å². The molecule has 0 bridgehead atoms. The minimum absolute atomic E-state index is 0.0494. The predicted molar refractivity (Wildman–Crippen MR) is 130 cm³/mol. The van der Waals surface area contributed by atoms with Crippen molar-refractivity contribution in [2.45, 2.75) is 39.2 Å². The predicted octanol–water partition coefficient (Wildman–Crippen LogP) is 4.72. The number of methoxy groups -OCH3 is 1. The number of aliphatic hydroxyl groups is 1. The van der Waals surface area contributed by atoms with Gasteiger partial charge in [0.1, 0.15) is 17.3 Å². The maximum Gasteiger partial charge on any atom is 0.295 e. The maximum atomic E-state index is 13.1. The molecule has 2 aromatic rings. The van der Waals surface area contributed by atoms with E-state index in [1.165, 1.54) is 12.0 Å². The Hall–Kier alpha value is -3.32. The van der Waals surface area contributed by atoms with E-state index in [1.807, 2.05) is 31.2 Å². The minimum atomic E-state index is -0.736. The topological polar surface area (TPSA) is 85.3 Å². The highest BCUT2D eigenvalue weighted by Crippen LogP contribution is 2.40. The van der Waals surface area contributed by atoms with Crippen molar-refractivity contribution < 1.29 is 28.9 Å². The van der Waals surface area contributed by atoms with Crippen LogP contribution in [0, 0.1) is 0 Å². The Balaban J connectivity index is 2.01. The molecule has 7 heteroatoms. The SMILES string of the molecule is CCCCOc1ccc(C2/C(=C(/O)c3cccc(OCCC)c3)C(=O)C(=O)N2CCOC)cc1. The summed E-state index contributed by atoms with van der Waals surface area (Å²) >= 11 is 0. The first-order valence-corrected chi connectivity index (χ1v) is 11.7. The molecule has 1 unspecified atom stereocenters. The van der Waals surface area contributed by atoms with Crippen LogP contribution in [0.25, 0.3) is 5.76 Å². The number of rotatable bonds is 12. The molecule has 1 fully saturated rings. The molecule has 1 N–H and O–H groups in total. The lowest BCUT2D eigenvalue weighted by molar-refractivity contribution is -0.140. The van der Waals surface area contributed by atoms with Crippen LogP contribution in [0.5, 0.6) is 11.5 Å². The summed E-state index contributed by atoms with van der Waals surface area (Å²) in [6.45, 7) is 5.75. The number of hydrogen-bond donors (Lipinski definition) is 1. The van der Waals surface area contributed by atoms with Gasteiger partial charge in [0.2, 0.25) is 0 Å². The Morgan fingerprint density at radius 1 is 0.941 bits per heavy atom. The molecule has 0 radical (unpaired) electrons. The number of carbonyl (C=O) groups excluding carboxylic acids is 2. The number of unbranched alkanes of at least 4 members (excludes halogenated alkanes) is 1. The first kappa shape index (κ1) is 25.3. The number of likely N-dealkylation sites (tertiary alicyclic amines) is 1. The minimum Gasteiger partial charge on any atom is -0.507 e. The summed E-state index contributed by atoms with van der Waals surface area (Å²) in [5.41, 5.74) is 1.18. The Labute approximate surface area is 200 Å². The second-order valence-electron chi connectivity index (χ2n) is 8.13. The van der Waals surface area contributed by atoms with Gasteiger partial charge in [-0.25, -0.2) is 0 Å². The van der Waals surface area contributed by atoms with Crippen LogP contribution in [0.4, 0.5) is 0 Å². The standard InChI is InChI=1S/C27H33NO6/c1-4-6-16-34-21-12-10-19(11-13-21)24-23(26(30)27(31)28(24)14-17-32-3)25(29)20-8-7-9-22(18-20)33-15-5-2/h7-13,18,24,29H,4-6,14-17H2,1-3H3/b25-23-. The summed E-state index contributed by atoms with van der Waals surface area (Å²) in [5.74, 6) is -0.308. The molecule has 7 nitrogen and oxygen atoms in total. The van der Waals surface area contributed by atoms with Crippen LogP contribution >= 0.6 is 0 Å². The fourth-order valence-corrected chi connectivity index (χ4v) is 3.84. The van der Waals surface area contributed by atoms with Gasteiger partial charge in [0.15, 0.2) is 0 Å². The molecule has 0 aliphatic carbocycles. The van der Waals surface area contributed by atoms with Crippen LogP contribution in [0.3, 0.4) is 0 Å². The van der Waals surface area contributed by atoms with Crippen molar-refractivity contribution in [3.8, 4) is 11.5 Å². The molecule has 1 amide bonds. The van der Waals surface area contributed by atoms with Crippen molar-refractivity contribution in [2.24, 2.45) is 0 Å². The van der Waals surface area contributed by atoms with E-state index >= 15 is 0 Å². The maximum absolute atomic E-state index is 13.1. The molecule has 1 aliphatic rings. The fourth-order valence-electron chi connectivity index (χ4n) is 3.84. The molecule has 182 valence electrons. The van der Waals surface area contributed by atoms with Crippen LogP contribution in [0.15, 0.2) is 54.1 Å². The molecule has 3 rings (SSSR count). The lowest BCUT2D eigenvalue weighted by Crippen LogP contribution is -2.32. The lowest BCUT2D eigenvalue weighted by Gasteiger charge is -2.25. The van der Waals surface area contributed by atoms with Gasteiger partial charge in [-0.05, 0) is 42.7 Å². The third kappa shape index (κ3) is 5.78. The molecule has 1 saturated heterocycles. The summed E-state index contributed by atoms with van der Waals surface area (Å²) < 4.78 is 16.6. The van der Waals surface area contributed by atoms with E-state index in [0.717, 1.165) is 19.3 Å². The van der Waals surface area contributed by atoms with Crippen molar-refractivity contribution in [3.63, 3.8) is 0 Å². The van der Waals surface area contributed by atoms with E-state index in [0.29, 0.717) is 35.8 Å². The molecule has 1 atom stereocenters. The van der Waals surface area contributed by atoms with E-state index < -0.39 is 17.7 Å². The zero-order valence-corrected chi connectivity index (χ0v) is 20.1.